The first-order valence-electron chi connectivity index (χ1n) is 9.86. The molecule has 2 N–H and O–H groups in total. The van der Waals surface area contributed by atoms with Gasteiger partial charge in [-0.25, -0.2) is 8.78 Å². The standard InChI is InChI=1S/C21H19F2N3O4/c22-12-3-1-11(15(23)6-12)7-24-20(29)14-8-25-9-16-10-2-4-13(5-10)26(16)21(30)17(25)19(28)18(14)27/h1,3,6,8,10,13,16,28H,2,4-5,7,9H2,(H,24,29)/t10?,13-,16?/m1/s1. The number of carbonyl (C=O) groups excluding carboxylic acids is 2. The molecule has 0 radical (unpaired) electrons. The predicted octanol–water partition coefficient (Wildman–Crippen LogP) is 1.77. The zero-order valence-corrected chi connectivity index (χ0v) is 15.9. The summed E-state index contributed by atoms with van der Waals surface area (Å²) in [7, 11) is 0. The van der Waals surface area contributed by atoms with Crippen LogP contribution in [-0.4, -0.2) is 38.5 Å². The van der Waals surface area contributed by atoms with E-state index in [4.69, 9.17) is 0 Å². The molecule has 30 heavy (non-hydrogen) atoms. The number of benzene rings is 1. The lowest BCUT2D eigenvalue weighted by atomic mass is 9.95. The van der Waals surface area contributed by atoms with Crippen LogP contribution in [0.2, 0.25) is 0 Å². The average molecular weight is 415 g/mol. The SMILES string of the molecule is O=C(NCc1ccc(F)cc1F)c1cn2c(c(O)c1=O)C(=O)N1C(C2)C2CC[C@@H]1C2. The molecular formula is C21H19F2N3O4. The number of hydrogen-bond donors (Lipinski definition) is 2. The van der Waals surface area contributed by atoms with Crippen LogP contribution in [0.15, 0.2) is 29.2 Å². The lowest BCUT2D eigenvalue weighted by Gasteiger charge is -2.40. The number of aromatic hydroxyl groups is 1. The Bertz CT molecular complexity index is 1150. The fourth-order valence-electron chi connectivity index (χ4n) is 5.08. The maximum absolute atomic E-state index is 13.8. The molecule has 5 rings (SSSR count). The van der Waals surface area contributed by atoms with Crippen LogP contribution in [0.5, 0.6) is 5.75 Å². The molecule has 2 fully saturated rings. The molecule has 2 unspecified atom stereocenters. The van der Waals surface area contributed by atoms with E-state index in [9.17, 15) is 28.3 Å². The van der Waals surface area contributed by atoms with E-state index in [1.807, 2.05) is 0 Å². The van der Waals surface area contributed by atoms with Gasteiger partial charge >= 0.3 is 0 Å². The quantitative estimate of drug-likeness (QED) is 0.799. The summed E-state index contributed by atoms with van der Waals surface area (Å²) in [6.07, 6.45) is 4.18. The van der Waals surface area contributed by atoms with Crippen molar-refractivity contribution in [2.75, 3.05) is 0 Å². The van der Waals surface area contributed by atoms with Crippen LogP contribution in [-0.2, 0) is 13.1 Å². The Morgan fingerprint density at radius 1 is 1.23 bits per heavy atom. The van der Waals surface area contributed by atoms with E-state index in [0.717, 1.165) is 25.3 Å². The highest BCUT2D eigenvalue weighted by atomic mass is 19.1. The number of carbonyl (C=O) groups is 2. The highest BCUT2D eigenvalue weighted by molar-refractivity contribution is 5.99. The Labute approximate surface area is 169 Å². The molecule has 1 saturated heterocycles. The third-order valence-corrected chi connectivity index (χ3v) is 6.52. The Morgan fingerprint density at radius 2 is 2.03 bits per heavy atom. The van der Waals surface area contributed by atoms with E-state index in [-0.39, 0.29) is 41.4 Å². The molecule has 3 aliphatic rings. The van der Waals surface area contributed by atoms with Crippen LogP contribution >= 0.6 is 0 Å². The number of hydrogen-bond acceptors (Lipinski definition) is 4. The summed E-state index contributed by atoms with van der Waals surface area (Å²) in [6.45, 7) is 0.148. The van der Waals surface area contributed by atoms with Gasteiger partial charge in [-0.05, 0) is 31.2 Å². The lowest BCUT2D eigenvalue weighted by molar-refractivity contribution is 0.0482. The summed E-state index contributed by atoms with van der Waals surface area (Å²) in [5, 5.41) is 12.8. The highest BCUT2D eigenvalue weighted by Gasteiger charge is 2.51. The summed E-state index contributed by atoms with van der Waals surface area (Å²) in [4.78, 5) is 39.9. The van der Waals surface area contributed by atoms with E-state index < -0.39 is 28.7 Å². The van der Waals surface area contributed by atoms with Gasteiger partial charge in [0.1, 0.15) is 17.2 Å². The molecule has 1 aliphatic carbocycles. The van der Waals surface area contributed by atoms with Crippen molar-refractivity contribution in [2.45, 2.75) is 44.4 Å². The number of pyridine rings is 1. The number of nitrogens with zero attached hydrogens (tertiary/aromatic N) is 2. The second kappa shape index (κ2) is 6.65. The second-order valence-corrected chi connectivity index (χ2v) is 8.15. The average Bonchev–Trinajstić information content (AvgIpc) is 3.32. The molecule has 2 aliphatic heterocycles. The molecule has 9 heteroatoms. The third kappa shape index (κ3) is 2.72. The van der Waals surface area contributed by atoms with Crippen LogP contribution < -0.4 is 10.7 Å². The molecule has 2 bridgehead atoms. The van der Waals surface area contributed by atoms with Crippen molar-refractivity contribution in [3.05, 3.63) is 63.1 Å². The predicted molar refractivity (Wildman–Crippen MR) is 101 cm³/mol. The minimum atomic E-state index is -0.950. The highest BCUT2D eigenvalue weighted by Crippen LogP contribution is 2.45. The topological polar surface area (TPSA) is 91.6 Å². The zero-order valence-electron chi connectivity index (χ0n) is 15.9. The zero-order chi connectivity index (χ0) is 21.2. The monoisotopic (exact) mass is 415 g/mol. The van der Waals surface area contributed by atoms with E-state index >= 15 is 0 Å². The third-order valence-electron chi connectivity index (χ3n) is 6.52. The van der Waals surface area contributed by atoms with Crippen molar-refractivity contribution in [1.29, 1.82) is 0 Å². The van der Waals surface area contributed by atoms with E-state index in [1.54, 1.807) is 4.90 Å². The summed E-state index contributed by atoms with van der Waals surface area (Å²) in [6, 6.07) is 3.11. The molecule has 2 amide bonds. The summed E-state index contributed by atoms with van der Waals surface area (Å²) >= 11 is 0. The summed E-state index contributed by atoms with van der Waals surface area (Å²) in [5.74, 6) is -3.11. The molecule has 7 nitrogen and oxygen atoms in total. The molecule has 156 valence electrons. The number of aromatic nitrogens is 1. The Morgan fingerprint density at radius 3 is 2.80 bits per heavy atom. The first kappa shape index (κ1) is 18.8. The Kier molecular flexibility index (Phi) is 4.16. The van der Waals surface area contributed by atoms with E-state index in [0.29, 0.717) is 18.5 Å². The number of nitrogens with one attached hydrogen (secondary N) is 1. The number of halogens is 2. The second-order valence-electron chi connectivity index (χ2n) is 8.15. The van der Waals surface area contributed by atoms with Crippen molar-refractivity contribution in [3.63, 3.8) is 0 Å². The maximum atomic E-state index is 13.8. The first-order valence-corrected chi connectivity index (χ1v) is 9.86. The Balaban J connectivity index is 1.44. The minimum Gasteiger partial charge on any atom is -0.503 e. The number of piperidine rings is 1. The van der Waals surface area contributed by atoms with E-state index in [2.05, 4.69) is 5.32 Å². The van der Waals surface area contributed by atoms with Gasteiger partial charge in [0, 0.05) is 37.0 Å². The molecule has 1 saturated carbocycles. The largest absolute Gasteiger partial charge is 0.503 e. The van der Waals surface area contributed by atoms with Gasteiger partial charge in [-0.3, -0.25) is 14.4 Å². The number of rotatable bonds is 3. The van der Waals surface area contributed by atoms with Crippen molar-refractivity contribution < 1.29 is 23.5 Å². The Hall–Kier alpha value is -3.23. The van der Waals surface area contributed by atoms with Gasteiger partial charge in [-0.15, -0.1) is 0 Å². The van der Waals surface area contributed by atoms with Gasteiger partial charge in [-0.1, -0.05) is 6.07 Å². The smallest absolute Gasteiger partial charge is 0.275 e. The molecule has 2 aromatic rings. The van der Waals surface area contributed by atoms with Crippen LogP contribution in [0.1, 0.15) is 45.7 Å². The molecular weight excluding hydrogens is 396 g/mol. The van der Waals surface area contributed by atoms with Gasteiger partial charge in [0.15, 0.2) is 11.4 Å². The van der Waals surface area contributed by atoms with Gasteiger partial charge in [0.25, 0.3) is 11.8 Å². The van der Waals surface area contributed by atoms with Crippen molar-refractivity contribution in [2.24, 2.45) is 5.92 Å². The summed E-state index contributed by atoms with van der Waals surface area (Å²) in [5.41, 5.74) is -1.32. The van der Waals surface area contributed by atoms with Crippen LogP contribution in [0.4, 0.5) is 8.78 Å². The number of fused-ring (bicyclic) bond motifs is 6. The fraction of sp³-hybridized carbons (Fsp3) is 0.381. The van der Waals surface area contributed by atoms with Gasteiger partial charge in [0.05, 0.1) is 6.04 Å². The van der Waals surface area contributed by atoms with Gasteiger partial charge < -0.3 is 19.9 Å². The fourth-order valence-corrected chi connectivity index (χ4v) is 5.08. The van der Waals surface area contributed by atoms with Crippen molar-refractivity contribution in [1.82, 2.24) is 14.8 Å². The molecule has 1 aromatic carbocycles. The number of amides is 2. The summed E-state index contributed by atoms with van der Waals surface area (Å²) < 4.78 is 28.3. The molecule has 1 aromatic heterocycles. The van der Waals surface area contributed by atoms with Gasteiger partial charge in [-0.2, -0.15) is 0 Å². The van der Waals surface area contributed by atoms with Crippen molar-refractivity contribution >= 4 is 11.8 Å². The van der Waals surface area contributed by atoms with Crippen LogP contribution in [0.25, 0.3) is 0 Å². The normalized spacial score (nSPS) is 24.0. The minimum absolute atomic E-state index is 0.00475. The first-order chi connectivity index (χ1) is 14.3. The van der Waals surface area contributed by atoms with E-state index in [1.165, 1.54) is 16.8 Å². The lowest BCUT2D eigenvalue weighted by Crippen LogP contribution is -2.52. The van der Waals surface area contributed by atoms with Crippen LogP contribution in [0.3, 0.4) is 0 Å². The van der Waals surface area contributed by atoms with Gasteiger partial charge in [0.2, 0.25) is 5.43 Å². The maximum Gasteiger partial charge on any atom is 0.275 e. The van der Waals surface area contributed by atoms with Crippen LogP contribution in [0, 0.1) is 17.6 Å². The molecule has 3 heterocycles. The van der Waals surface area contributed by atoms with Crippen molar-refractivity contribution in [3.8, 4) is 5.75 Å². The molecule has 0 spiro atoms. The molecule has 3 atom stereocenters.